The SMILES string of the molecule is CCCCc1cc(C#N)c2c(c1)N(C)c1cc(CCCC)cc(C#N)c1N2B1c2ccccc2N(C)c2ccccc21. The molecule has 0 atom stereocenters. The molecular formula is C36H36BN5. The van der Waals surface area contributed by atoms with Crippen LogP contribution >= 0.6 is 0 Å². The van der Waals surface area contributed by atoms with Gasteiger partial charge in [0.1, 0.15) is 12.1 Å². The van der Waals surface area contributed by atoms with Crippen molar-refractivity contribution in [3.8, 4) is 12.1 Å². The van der Waals surface area contributed by atoms with Gasteiger partial charge in [-0.3, -0.25) is 0 Å². The van der Waals surface area contributed by atoms with Crippen molar-refractivity contribution in [2.75, 3.05) is 28.7 Å². The Bertz CT molecular complexity index is 1620. The number of aryl methyl sites for hydroxylation is 2. The highest BCUT2D eigenvalue weighted by Crippen LogP contribution is 2.52. The lowest BCUT2D eigenvalue weighted by Gasteiger charge is -2.46. The van der Waals surface area contributed by atoms with Gasteiger partial charge in [0.15, 0.2) is 0 Å². The van der Waals surface area contributed by atoms with E-state index in [0.717, 1.165) is 83.6 Å². The second-order valence-corrected chi connectivity index (χ2v) is 11.5. The number of nitriles is 2. The van der Waals surface area contributed by atoms with Gasteiger partial charge in [-0.25, -0.2) is 0 Å². The predicted octanol–water partition coefficient (Wildman–Crippen LogP) is 7.22. The van der Waals surface area contributed by atoms with Gasteiger partial charge in [0.05, 0.1) is 33.9 Å². The third kappa shape index (κ3) is 4.39. The molecule has 4 aromatic rings. The van der Waals surface area contributed by atoms with Crippen LogP contribution in [-0.2, 0) is 12.8 Å². The zero-order chi connectivity index (χ0) is 29.4. The van der Waals surface area contributed by atoms with E-state index < -0.39 is 0 Å². The lowest BCUT2D eigenvalue weighted by Crippen LogP contribution is -2.60. The van der Waals surface area contributed by atoms with Crippen molar-refractivity contribution in [3.05, 3.63) is 95.1 Å². The Morgan fingerprint density at radius 1 is 0.619 bits per heavy atom. The van der Waals surface area contributed by atoms with Crippen LogP contribution in [0.1, 0.15) is 61.8 Å². The van der Waals surface area contributed by atoms with Crippen LogP contribution < -0.4 is 25.5 Å². The summed E-state index contributed by atoms with van der Waals surface area (Å²) in [7, 11) is 4.20. The number of unbranched alkanes of at least 4 members (excludes halogenated alkanes) is 2. The number of rotatable bonds is 7. The standard InChI is InChI=1S/C36H36BN5/c1-5-7-13-25-19-27(23-38)35-33(21-25)41(4)34-22-26(14-8-6-2)20-28(24-39)36(34)42(35)37-29-15-9-11-17-31(29)40(3)32-18-12-10-16-30(32)37/h9-12,15-22H,5-8,13-14H2,1-4H3. The van der Waals surface area contributed by atoms with E-state index in [0.29, 0.717) is 11.1 Å². The van der Waals surface area contributed by atoms with E-state index >= 15 is 0 Å². The minimum Gasteiger partial charge on any atom is -0.371 e. The fourth-order valence-corrected chi connectivity index (χ4v) is 6.72. The zero-order valence-corrected chi connectivity index (χ0v) is 25.0. The van der Waals surface area contributed by atoms with Crippen LogP contribution in [0.5, 0.6) is 0 Å². The van der Waals surface area contributed by atoms with Crippen molar-refractivity contribution in [2.24, 2.45) is 0 Å². The molecule has 0 spiro atoms. The molecule has 6 rings (SSSR count). The van der Waals surface area contributed by atoms with Gasteiger partial charge in [0.25, 0.3) is 0 Å². The molecule has 2 heterocycles. The molecule has 2 aliphatic heterocycles. The Balaban J connectivity index is 1.70. The van der Waals surface area contributed by atoms with Gasteiger partial charge in [-0.2, -0.15) is 10.5 Å². The van der Waals surface area contributed by atoms with E-state index in [4.69, 9.17) is 0 Å². The minimum atomic E-state index is -0.220. The summed E-state index contributed by atoms with van der Waals surface area (Å²) in [6.45, 7) is 4.18. The van der Waals surface area contributed by atoms with E-state index in [-0.39, 0.29) is 6.85 Å². The van der Waals surface area contributed by atoms with Crippen molar-refractivity contribution in [1.82, 2.24) is 0 Å². The second-order valence-electron chi connectivity index (χ2n) is 11.5. The van der Waals surface area contributed by atoms with Crippen LogP contribution in [0.15, 0.2) is 72.8 Å². The molecule has 6 heteroatoms. The molecule has 5 nitrogen and oxygen atoms in total. The van der Waals surface area contributed by atoms with E-state index in [1.165, 1.54) is 11.1 Å². The van der Waals surface area contributed by atoms with Crippen LogP contribution in [0, 0.1) is 22.7 Å². The van der Waals surface area contributed by atoms with Gasteiger partial charge in [-0.15, -0.1) is 0 Å². The van der Waals surface area contributed by atoms with Crippen LogP contribution in [-0.4, -0.2) is 20.9 Å². The predicted molar refractivity (Wildman–Crippen MR) is 176 cm³/mol. The zero-order valence-electron chi connectivity index (χ0n) is 25.0. The molecule has 0 amide bonds. The molecule has 0 fully saturated rings. The summed E-state index contributed by atoms with van der Waals surface area (Å²) in [6, 6.07) is 30.8. The topological polar surface area (TPSA) is 57.3 Å². The number of fused-ring (bicyclic) bond motifs is 4. The van der Waals surface area contributed by atoms with Crippen LogP contribution in [0.4, 0.5) is 34.1 Å². The second kappa shape index (κ2) is 11.3. The molecule has 42 heavy (non-hydrogen) atoms. The highest BCUT2D eigenvalue weighted by atomic mass is 15.2. The molecule has 4 aromatic carbocycles. The highest BCUT2D eigenvalue weighted by molar-refractivity contribution is 6.92. The Hall–Kier alpha value is -4.68. The molecule has 2 aliphatic rings. The molecular weight excluding hydrogens is 513 g/mol. The average Bonchev–Trinajstić information content (AvgIpc) is 3.03. The van der Waals surface area contributed by atoms with Crippen molar-refractivity contribution in [2.45, 2.75) is 52.4 Å². The summed E-state index contributed by atoms with van der Waals surface area (Å²) in [5.74, 6) is 0. The third-order valence-corrected chi connectivity index (χ3v) is 8.83. The summed E-state index contributed by atoms with van der Waals surface area (Å²) < 4.78 is 0. The fourth-order valence-electron chi connectivity index (χ4n) is 6.72. The molecule has 0 aliphatic carbocycles. The highest BCUT2D eigenvalue weighted by Gasteiger charge is 2.43. The van der Waals surface area contributed by atoms with E-state index in [1.807, 2.05) is 0 Å². The first-order valence-electron chi connectivity index (χ1n) is 15.1. The Kier molecular flexibility index (Phi) is 7.40. The number of nitrogens with zero attached hydrogens (tertiary/aromatic N) is 5. The van der Waals surface area contributed by atoms with Gasteiger partial charge in [-0.1, -0.05) is 63.1 Å². The monoisotopic (exact) mass is 549 g/mol. The quantitative estimate of drug-likeness (QED) is 0.228. The van der Waals surface area contributed by atoms with Crippen molar-refractivity contribution < 1.29 is 0 Å². The molecule has 0 unspecified atom stereocenters. The first-order valence-corrected chi connectivity index (χ1v) is 15.1. The molecule has 0 radical (unpaired) electrons. The maximum absolute atomic E-state index is 10.6. The largest absolute Gasteiger partial charge is 0.371 e. The van der Waals surface area contributed by atoms with E-state index in [9.17, 15) is 10.5 Å². The normalized spacial score (nSPS) is 13.1. The van der Waals surface area contributed by atoms with Crippen LogP contribution in [0.2, 0.25) is 0 Å². The third-order valence-electron chi connectivity index (χ3n) is 8.83. The number of anilines is 6. The molecule has 0 saturated heterocycles. The number of benzene rings is 4. The summed E-state index contributed by atoms with van der Waals surface area (Å²) in [6.07, 6.45) is 6.20. The lowest BCUT2D eigenvalue weighted by atomic mass is 9.46. The first kappa shape index (κ1) is 27.5. The van der Waals surface area contributed by atoms with Crippen molar-refractivity contribution >= 4 is 51.9 Å². The summed E-state index contributed by atoms with van der Waals surface area (Å²) >= 11 is 0. The Morgan fingerprint density at radius 3 is 1.48 bits per heavy atom. The molecule has 0 bridgehead atoms. The number of hydrogen-bond donors (Lipinski definition) is 0. The van der Waals surface area contributed by atoms with Gasteiger partial charge < -0.3 is 14.6 Å². The van der Waals surface area contributed by atoms with Gasteiger partial charge in [0, 0.05) is 25.5 Å². The van der Waals surface area contributed by atoms with Gasteiger partial charge in [-0.05, 0) is 84.1 Å². The minimum absolute atomic E-state index is 0.220. The Morgan fingerprint density at radius 2 is 1.05 bits per heavy atom. The molecule has 208 valence electrons. The van der Waals surface area contributed by atoms with E-state index in [1.54, 1.807) is 0 Å². The average molecular weight is 550 g/mol. The van der Waals surface area contributed by atoms with Crippen molar-refractivity contribution in [3.63, 3.8) is 0 Å². The Labute approximate surface area is 250 Å². The molecule has 0 saturated carbocycles. The number of para-hydroxylation sites is 2. The molecule has 0 N–H and O–H groups in total. The van der Waals surface area contributed by atoms with Gasteiger partial charge >= 0.3 is 6.85 Å². The lowest BCUT2D eigenvalue weighted by molar-refractivity contribution is 0.793. The van der Waals surface area contributed by atoms with Gasteiger partial charge in [0.2, 0.25) is 0 Å². The first-order chi connectivity index (χ1) is 20.5. The fraction of sp³-hybridized carbons (Fsp3) is 0.278. The number of hydrogen-bond acceptors (Lipinski definition) is 5. The maximum Gasteiger partial charge on any atom is 0.332 e. The summed E-state index contributed by atoms with van der Waals surface area (Å²) in [5, 5.41) is 21.3. The summed E-state index contributed by atoms with van der Waals surface area (Å²) in [5.41, 5.74) is 11.9. The summed E-state index contributed by atoms with van der Waals surface area (Å²) in [4.78, 5) is 6.76. The van der Waals surface area contributed by atoms with Crippen LogP contribution in [0.3, 0.4) is 0 Å². The van der Waals surface area contributed by atoms with Crippen LogP contribution in [0.25, 0.3) is 0 Å². The van der Waals surface area contributed by atoms with E-state index in [2.05, 4.69) is 127 Å². The van der Waals surface area contributed by atoms with Crippen molar-refractivity contribution in [1.29, 1.82) is 10.5 Å². The maximum atomic E-state index is 10.6. The molecule has 0 aromatic heterocycles. The smallest absolute Gasteiger partial charge is 0.332 e.